The monoisotopic (exact) mass is 250 g/mol. The van der Waals surface area contributed by atoms with E-state index in [2.05, 4.69) is 44.3 Å². The number of allylic oxidation sites excluding steroid dienone is 1. The van der Waals surface area contributed by atoms with E-state index in [-0.39, 0.29) is 0 Å². The zero-order valence-electron chi connectivity index (χ0n) is 11.7. The second-order valence-electron chi connectivity index (χ2n) is 4.33. The number of hydrogen-bond donors (Lipinski definition) is 0. The van der Waals surface area contributed by atoms with Gasteiger partial charge in [-0.15, -0.1) is 0 Å². The molecule has 0 radical (unpaired) electrons. The lowest BCUT2D eigenvalue weighted by Gasteiger charge is -2.02. The summed E-state index contributed by atoms with van der Waals surface area (Å²) in [7, 11) is 0. The minimum atomic E-state index is 1.10. The fourth-order valence-corrected chi connectivity index (χ4v) is 1.71. The van der Waals surface area contributed by atoms with Gasteiger partial charge < -0.3 is 0 Å². The Kier molecular flexibility index (Phi) is 7.04. The summed E-state index contributed by atoms with van der Waals surface area (Å²) in [6.07, 6.45) is 4.11. The van der Waals surface area contributed by atoms with Gasteiger partial charge in [0, 0.05) is 0 Å². The summed E-state index contributed by atoms with van der Waals surface area (Å²) in [5.74, 6) is 0. The second-order valence-corrected chi connectivity index (χ2v) is 4.33. The zero-order chi connectivity index (χ0) is 13.9. The first-order valence-corrected chi connectivity index (χ1v) is 6.68. The van der Waals surface area contributed by atoms with Crippen molar-refractivity contribution in [2.24, 2.45) is 0 Å². The Morgan fingerprint density at radius 2 is 1.47 bits per heavy atom. The summed E-state index contributed by atoms with van der Waals surface area (Å²) in [6, 6.07) is 20.4. The van der Waals surface area contributed by atoms with Gasteiger partial charge in [0.2, 0.25) is 0 Å². The van der Waals surface area contributed by atoms with Crippen LogP contribution in [0.15, 0.2) is 73.8 Å². The highest BCUT2D eigenvalue weighted by Gasteiger charge is 1.94. The maximum absolute atomic E-state index is 4.01. The van der Waals surface area contributed by atoms with E-state index in [1.54, 1.807) is 0 Å². The smallest absolute Gasteiger partial charge is 0.0230 e. The van der Waals surface area contributed by atoms with Crippen LogP contribution in [-0.4, -0.2) is 0 Å². The Labute approximate surface area is 117 Å². The van der Waals surface area contributed by atoms with Gasteiger partial charge in [0.15, 0.2) is 0 Å². The van der Waals surface area contributed by atoms with Crippen molar-refractivity contribution in [3.05, 3.63) is 84.9 Å². The van der Waals surface area contributed by atoms with Gasteiger partial charge in [0.1, 0.15) is 0 Å². The molecule has 19 heavy (non-hydrogen) atoms. The molecule has 0 heteroatoms. The van der Waals surface area contributed by atoms with Gasteiger partial charge in [0.25, 0.3) is 0 Å². The fourth-order valence-electron chi connectivity index (χ4n) is 1.71. The molecular formula is C19H22. The van der Waals surface area contributed by atoms with Crippen LogP contribution in [0.25, 0.3) is 11.6 Å². The molecule has 98 valence electrons. The number of hydrogen-bond acceptors (Lipinski definition) is 0. The highest BCUT2D eigenvalue weighted by molar-refractivity contribution is 5.62. The molecule has 0 bridgehead atoms. The van der Waals surface area contributed by atoms with Crippen molar-refractivity contribution in [1.29, 1.82) is 0 Å². The quantitative estimate of drug-likeness (QED) is 0.640. The average Bonchev–Trinajstić information content (AvgIpc) is 2.50. The molecule has 0 aliphatic rings. The van der Waals surface area contributed by atoms with Crippen molar-refractivity contribution in [2.45, 2.75) is 19.8 Å². The molecule has 0 spiro atoms. The van der Waals surface area contributed by atoms with Crippen molar-refractivity contribution < 1.29 is 0 Å². The lowest BCUT2D eigenvalue weighted by molar-refractivity contribution is 0.975. The topological polar surface area (TPSA) is 0 Å². The molecule has 0 N–H and O–H groups in total. The molecule has 0 amide bonds. The molecule has 0 heterocycles. The SMILES string of the molecule is C=C(CCC)c1ccccc1.C=Cc1ccccc1. The van der Waals surface area contributed by atoms with Gasteiger partial charge >= 0.3 is 0 Å². The van der Waals surface area contributed by atoms with Crippen LogP contribution >= 0.6 is 0 Å². The van der Waals surface area contributed by atoms with E-state index in [4.69, 9.17) is 0 Å². The molecule has 2 rings (SSSR count). The van der Waals surface area contributed by atoms with Gasteiger partial charge in [-0.2, -0.15) is 0 Å². The summed E-state index contributed by atoms with van der Waals surface area (Å²) in [5.41, 5.74) is 3.69. The third-order valence-electron chi connectivity index (χ3n) is 2.77. The third kappa shape index (κ3) is 5.87. The minimum absolute atomic E-state index is 1.10. The summed E-state index contributed by atoms with van der Waals surface area (Å²) in [6.45, 7) is 9.82. The van der Waals surface area contributed by atoms with E-state index < -0.39 is 0 Å². The average molecular weight is 250 g/mol. The molecule has 0 nitrogen and oxygen atoms in total. The Morgan fingerprint density at radius 3 is 1.89 bits per heavy atom. The molecular weight excluding hydrogens is 228 g/mol. The Hall–Kier alpha value is -2.08. The maximum atomic E-state index is 4.01. The van der Waals surface area contributed by atoms with E-state index in [0.29, 0.717) is 0 Å². The Bertz CT molecular complexity index is 480. The maximum Gasteiger partial charge on any atom is -0.0230 e. The molecule has 0 unspecified atom stereocenters. The first-order chi connectivity index (χ1) is 9.27. The van der Waals surface area contributed by atoms with Gasteiger partial charge in [-0.25, -0.2) is 0 Å². The third-order valence-corrected chi connectivity index (χ3v) is 2.77. The van der Waals surface area contributed by atoms with E-state index in [1.807, 2.05) is 42.5 Å². The Morgan fingerprint density at radius 1 is 0.947 bits per heavy atom. The van der Waals surface area contributed by atoms with Crippen LogP contribution < -0.4 is 0 Å². The predicted octanol–water partition coefficient (Wildman–Crippen LogP) is 5.83. The van der Waals surface area contributed by atoms with Crippen LogP contribution in [0.4, 0.5) is 0 Å². The molecule has 0 fully saturated rings. The van der Waals surface area contributed by atoms with Crippen molar-refractivity contribution in [2.75, 3.05) is 0 Å². The molecule has 2 aromatic carbocycles. The molecule has 2 aromatic rings. The number of rotatable bonds is 4. The van der Waals surface area contributed by atoms with E-state index in [9.17, 15) is 0 Å². The standard InChI is InChI=1S/C11H14.C8H8/c1-3-7-10(2)11-8-5-4-6-9-11;1-2-8-6-4-3-5-7-8/h4-6,8-9H,2-3,7H2,1H3;2-7H,1H2. The van der Waals surface area contributed by atoms with Gasteiger partial charge in [-0.3, -0.25) is 0 Å². The molecule has 0 atom stereocenters. The van der Waals surface area contributed by atoms with E-state index >= 15 is 0 Å². The van der Waals surface area contributed by atoms with E-state index in [0.717, 1.165) is 6.42 Å². The van der Waals surface area contributed by atoms with E-state index in [1.165, 1.54) is 23.1 Å². The predicted molar refractivity (Wildman–Crippen MR) is 86.9 cm³/mol. The lowest BCUT2D eigenvalue weighted by atomic mass is 10.0. The Balaban J connectivity index is 0.000000200. The fraction of sp³-hybridized carbons (Fsp3) is 0.158. The largest absolute Gasteiger partial charge is 0.0985 e. The molecule has 0 saturated heterocycles. The van der Waals surface area contributed by atoms with Crippen LogP contribution in [0.1, 0.15) is 30.9 Å². The van der Waals surface area contributed by atoms with Crippen LogP contribution in [0.5, 0.6) is 0 Å². The van der Waals surface area contributed by atoms with Gasteiger partial charge in [-0.1, -0.05) is 93.2 Å². The zero-order valence-corrected chi connectivity index (χ0v) is 11.7. The highest BCUT2D eigenvalue weighted by Crippen LogP contribution is 2.16. The molecule has 0 aromatic heterocycles. The van der Waals surface area contributed by atoms with Crippen molar-refractivity contribution in [3.63, 3.8) is 0 Å². The molecule has 0 saturated carbocycles. The van der Waals surface area contributed by atoms with Crippen LogP contribution in [0, 0.1) is 0 Å². The molecule has 0 aliphatic heterocycles. The number of benzene rings is 2. The minimum Gasteiger partial charge on any atom is -0.0985 e. The van der Waals surface area contributed by atoms with Crippen molar-refractivity contribution in [3.8, 4) is 0 Å². The van der Waals surface area contributed by atoms with Crippen LogP contribution in [-0.2, 0) is 0 Å². The normalized spacial score (nSPS) is 9.11. The van der Waals surface area contributed by atoms with Crippen LogP contribution in [0.3, 0.4) is 0 Å². The summed E-state index contributed by atoms with van der Waals surface area (Å²) >= 11 is 0. The molecule has 0 aliphatic carbocycles. The van der Waals surface area contributed by atoms with Gasteiger partial charge in [-0.05, 0) is 23.1 Å². The van der Waals surface area contributed by atoms with Gasteiger partial charge in [0.05, 0.1) is 0 Å². The first-order valence-electron chi connectivity index (χ1n) is 6.68. The van der Waals surface area contributed by atoms with Crippen molar-refractivity contribution >= 4 is 11.6 Å². The summed E-state index contributed by atoms with van der Waals surface area (Å²) < 4.78 is 0. The van der Waals surface area contributed by atoms with Crippen molar-refractivity contribution in [1.82, 2.24) is 0 Å². The second kappa shape index (κ2) is 8.93. The first kappa shape index (κ1) is 15.0. The van der Waals surface area contributed by atoms with Crippen LogP contribution in [0.2, 0.25) is 0 Å². The summed E-state index contributed by atoms with van der Waals surface area (Å²) in [5, 5.41) is 0. The summed E-state index contributed by atoms with van der Waals surface area (Å²) in [4.78, 5) is 0. The highest BCUT2D eigenvalue weighted by atomic mass is 14.0. The lowest BCUT2D eigenvalue weighted by Crippen LogP contribution is -1.80.